The second-order valence-electron chi connectivity index (χ2n) is 4.09. The maximum Gasteiger partial charge on any atom is 0.341 e. The molecule has 0 radical (unpaired) electrons. The number of esters is 1. The van der Waals surface area contributed by atoms with Crippen LogP contribution in [0.2, 0.25) is 15.2 Å². The van der Waals surface area contributed by atoms with E-state index in [1.165, 1.54) is 24.4 Å². The third-order valence-corrected chi connectivity index (χ3v) is 3.56. The zero-order valence-corrected chi connectivity index (χ0v) is 13.2. The molecule has 1 aromatic carbocycles. The summed E-state index contributed by atoms with van der Waals surface area (Å²) >= 11 is 17.4. The Morgan fingerprint density at radius 1 is 1.14 bits per heavy atom. The molecule has 0 aliphatic rings. The van der Waals surface area contributed by atoms with E-state index in [9.17, 15) is 9.59 Å². The number of anilines is 1. The lowest BCUT2D eigenvalue weighted by molar-refractivity contribution is -0.119. The topological polar surface area (TPSA) is 68.3 Å². The molecule has 0 spiro atoms. The van der Waals surface area contributed by atoms with Crippen molar-refractivity contribution in [2.24, 2.45) is 0 Å². The van der Waals surface area contributed by atoms with Crippen molar-refractivity contribution in [2.75, 3.05) is 11.9 Å². The molecule has 0 aliphatic carbocycles. The first-order valence-electron chi connectivity index (χ1n) is 6.00. The number of nitrogens with zero attached hydrogens (tertiary/aromatic N) is 1. The quantitative estimate of drug-likeness (QED) is 0.665. The molecule has 8 heteroatoms. The Balaban J connectivity index is 1.91. The van der Waals surface area contributed by atoms with Gasteiger partial charge in [0.1, 0.15) is 5.15 Å². The number of ether oxygens (including phenoxy) is 1. The third kappa shape index (κ3) is 4.34. The Morgan fingerprint density at radius 3 is 2.59 bits per heavy atom. The smallest absolute Gasteiger partial charge is 0.341 e. The Morgan fingerprint density at radius 2 is 1.91 bits per heavy atom. The van der Waals surface area contributed by atoms with E-state index in [0.29, 0.717) is 15.7 Å². The minimum Gasteiger partial charge on any atom is -0.452 e. The van der Waals surface area contributed by atoms with Crippen LogP contribution in [-0.4, -0.2) is 23.5 Å². The maximum atomic E-state index is 11.8. The Bertz CT molecular complexity index is 722. The molecule has 5 nitrogen and oxygen atoms in total. The van der Waals surface area contributed by atoms with Gasteiger partial charge in [-0.1, -0.05) is 34.8 Å². The molecule has 1 heterocycles. The van der Waals surface area contributed by atoms with Crippen molar-refractivity contribution in [3.05, 3.63) is 57.3 Å². The van der Waals surface area contributed by atoms with Crippen molar-refractivity contribution in [1.82, 2.24) is 4.98 Å². The standard InChI is InChI=1S/C14H9Cl3N2O3/c15-10-4-3-8(6-11(10)16)19-12(20)7-22-14(21)9-2-1-5-18-13(9)17/h1-6H,7H2,(H,19,20). The normalized spacial score (nSPS) is 10.1. The third-order valence-electron chi connectivity index (χ3n) is 2.52. The number of rotatable bonds is 4. The molecule has 2 aromatic rings. The molecule has 1 N–H and O–H groups in total. The summed E-state index contributed by atoms with van der Waals surface area (Å²) in [6.45, 7) is -0.468. The lowest BCUT2D eigenvalue weighted by atomic mass is 10.3. The number of hydrogen-bond donors (Lipinski definition) is 1. The summed E-state index contributed by atoms with van der Waals surface area (Å²) in [5.74, 6) is -1.26. The van der Waals surface area contributed by atoms with Crippen LogP contribution in [-0.2, 0) is 9.53 Å². The van der Waals surface area contributed by atoms with Gasteiger partial charge in [0.05, 0.1) is 15.6 Å². The summed E-state index contributed by atoms with van der Waals surface area (Å²) in [4.78, 5) is 27.2. The van der Waals surface area contributed by atoms with Crippen LogP contribution in [0.15, 0.2) is 36.5 Å². The monoisotopic (exact) mass is 358 g/mol. The van der Waals surface area contributed by atoms with E-state index >= 15 is 0 Å². The molecule has 1 aromatic heterocycles. The number of aromatic nitrogens is 1. The van der Waals surface area contributed by atoms with E-state index in [1.807, 2.05) is 0 Å². The zero-order chi connectivity index (χ0) is 16.1. The fourth-order valence-electron chi connectivity index (χ4n) is 1.52. The molecule has 1 amide bonds. The van der Waals surface area contributed by atoms with Crippen LogP contribution >= 0.6 is 34.8 Å². The predicted molar refractivity (Wildman–Crippen MR) is 84.6 cm³/mol. The average molecular weight is 360 g/mol. The van der Waals surface area contributed by atoms with Gasteiger partial charge in [-0.2, -0.15) is 0 Å². The molecule has 2 rings (SSSR count). The molecule has 114 valence electrons. The molecular weight excluding hydrogens is 351 g/mol. The Kier molecular flexibility index (Phi) is 5.60. The molecule has 0 aliphatic heterocycles. The van der Waals surface area contributed by atoms with Crippen LogP contribution in [0.4, 0.5) is 5.69 Å². The highest BCUT2D eigenvalue weighted by Gasteiger charge is 2.14. The average Bonchev–Trinajstić information content (AvgIpc) is 2.49. The van der Waals surface area contributed by atoms with Gasteiger partial charge >= 0.3 is 5.97 Å². The van der Waals surface area contributed by atoms with Crippen LogP contribution in [0.3, 0.4) is 0 Å². The minimum atomic E-state index is -0.734. The first-order chi connectivity index (χ1) is 10.5. The SMILES string of the molecule is O=C(COC(=O)c1cccnc1Cl)Nc1ccc(Cl)c(Cl)c1. The van der Waals surface area contributed by atoms with Crippen LogP contribution in [0.1, 0.15) is 10.4 Å². The summed E-state index contributed by atoms with van der Waals surface area (Å²) in [5.41, 5.74) is 0.529. The van der Waals surface area contributed by atoms with Gasteiger partial charge in [0.2, 0.25) is 0 Å². The highest BCUT2D eigenvalue weighted by molar-refractivity contribution is 6.42. The largest absolute Gasteiger partial charge is 0.452 e. The van der Waals surface area contributed by atoms with E-state index in [-0.39, 0.29) is 10.7 Å². The van der Waals surface area contributed by atoms with E-state index in [1.54, 1.807) is 12.1 Å². The van der Waals surface area contributed by atoms with Crippen LogP contribution in [0.25, 0.3) is 0 Å². The number of nitrogens with one attached hydrogen (secondary N) is 1. The predicted octanol–water partition coefficient (Wildman–Crippen LogP) is 3.84. The minimum absolute atomic E-state index is 0.0115. The van der Waals surface area contributed by atoms with Crippen LogP contribution in [0.5, 0.6) is 0 Å². The number of halogens is 3. The molecule has 0 unspecified atom stereocenters. The number of carbonyl (C=O) groups excluding carboxylic acids is 2. The second kappa shape index (κ2) is 7.45. The van der Waals surface area contributed by atoms with Gasteiger partial charge in [-0.15, -0.1) is 0 Å². The number of pyridine rings is 1. The van der Waals surface area contributed by atoms with Crippen molar-refractivity contribution >= 4 is 52.4 Å². The van der Waals surface area contributed by atoms with Gasteiger partial charge < -0.3 is 10.1 Å². The Hall–Kier alpha value is -1.82. The van der Waals surface area contributed by atoms with E-state index in [4.69, 9.17) is 39.5 Å². The molecular formula is C14H9Cl3N2O3. The highest BCUT2D eigenvalue weighted by atomic mass is 35.5. The van der Waals surface area contributed by atoms with Crippen LogP contribution in [0, 0.1) is 0 Å². The van der Waals surface area contributed by atoms with E-state index < -0.39 is 18.5 Å². The van der Waals surface area contributed by atoms with Gasteiger partial charge in [0.25, 0.3) is 5.91 Å². The maximum absolute atomic E-state index is 11.8. The first kappa shape index (κ1) is 16.5. The summed E-state index contributed by atoms with van der Waals surface area (Å²) in [7, 11) is 0. The van der Waals surface area contributed by atoms with Crippen molar-refractivity contribution in [3.63, 3.8) is 0 Å². The van der Waals surface area contributed by atoms with Crippen LogP contribution < -0.4 is 5.32 Å². The molecule has 0 bridgehead atoms. The number of amides is 1. The highest BCUT2D eigenvalue weighted by Crippen LogP contribution is 2.24. The number of carbonyl (C=O) groups is 2. The van der Waals surface area contributed by atoms with Gasteiger partial charge in [0.15, 0.2) is 6.61 Å². The summed E-state index contributed by atoms with van der Waals surface area (Å²) in [5, 5.41) is 3.21. The van der Waals surface area contributed by atoms with Crippen molar-refractivity contribution in [1.29, 1.82) is 0 Å². The van der Waals surface area contributed by atoms with Gasteiger partial charge in [-0.05, 0) is 30.3 Å². The lowest BCUT2D eigenvalue weighted by Crippen LogP contribution is -2.21. The lowest BCUT2D eigenvalue weighted by Gasteiger charge is -2.08. The Labute approximate surface area is 141 Å². The summed E-state index contributed by atoms with van der Waals surface area (Å²) in [6, 6.07) is 7.60. The molecule has 0 fully saturated rings. The summed E-state index contributed by atoms with van der Waals surface area (Å²) in [6.07, 6.45) is 1.44. The molecule has 0 atom stereocenters. The molecule has 0 saturated carbocycles. The molecule has 22 heavy (non-hydrogen) atoms. The fraction of sp³-hybridized carbons (Fsp3) is 0.0714. The summed E-state index contributed by atoms with van der Waals surface area (Å²) < 4.78 is 4.86. The van der Waals surface area contributed by atoms with E-state index in [2.05, 4.69) is 10.3 Å². The number of benzene rings is 1. The van der Waals surface area contributed by atoms with Gasteiger partial charge in [-0.3, -0.25) is 4.79 Å². The van der Waals surface area contributed by atoms with Crippen molar-refractivity contribution in [2.45, 2.75) is 0 Å². The van der Waals surface area contributed by atoms with E-state index in [0.717, 1.165) is 0 Å². The zero-order valence-electron chi connectivity index (χ0n) is 11.0. The van der Waals surface area contributed by atoms with Crippen molar-refractivity contribution < 1.29 is 14.3 Å². The van der Waals surface area contributed by atoms with Gasteiger partial charge in [-0.25, -0.2) is 9.78 Å². The van der Waals surface area contributed by atoms with Crippen molar-refractivity contribution in [3.8, 4) is 0 Å². The number of hydrogen-bond acceptors (Lipinski definition) is 4. The molecule has 0 saturated heterocycles. The fourth-order valence-corrected chi connectivity index (χ4v) is 2.01. The first-order valence-corrected chi connectivity index (χ1v) is 7.13. The van der Waals surface area contributed by atoms with Gasteiger partial charge in [0, 0.05) is 11.9 Å². The second-order valence-corrected chi connectivity index (χ2v) is 5.27.